The van der Waals surface area contributed by atoms with Crippen LogP contribution in [0.5, 0.6) is 0 Å². The van der Waals surface area contributed by atoms with E-state index in [4.69, 9.17) is 12.9 Å². The summed E-state index contributed by atoms with van der Waals surface area (Å²) in [5.41, 5.74) is 0. The first kappa shape index (κ1) is 10.1. The molecule has 0 saturated carbocycles. The molecular formula is C6H12IO3P. The smallest absolute Gasteiger partial charge is 0.178 e. The number of hydrogen-bond donors (Lipinski definition) is 1. The number of halogens is 1. The van der Waals surface area contributed by atoms with Crippen LogP contribution in [0.25, 0.3) is 0 Å². The molecule has 1 unspecified atom stereocenters. The van der Waals surface area contributed by atoms with E-state index in [1.165, 1.54) is 0 Å². The van der Waals surface area contributed by atoms with Gasteiger partial charge in [0.25, 0.3) is 0 Å². The number of aliphatic hydroxyl groups excluding tert-OH is 1. The molecule has 0 radical (unpaired) electrons. The number of hydrogen-bond acceptors (Lipinski definition) is 3. The molecule has 0 spiro atoms. The van der Waals surface area contributed by atoms with Gasteiger partial charge >= 0.3 is 0 Å². The Balaban J connectivity index is 2.55. The van der Waals surface area contributed by atoms with Gasteiger partial charge in [-0.05, 0) is 6.42 Å². The van der Waals surface area contributed by atoms with E-state index in [1.807, 2.05) is 29.9 Å². The summed E-state index contributed by atoms with van der Waals surface area (Å²) in [6, 6.07) is 0. The molecule has 0 bridgehead atoms. The molecule has 1 fully saturated rings. The molecule has 0 amide bonds. The van der Waals surface area contributed by atoms with Crippen molar-refractivity contribution in [1.82, 2.24) is 0 Å². The first-order valence-electron chi connectivity index (χ1n) is 3.43. The standard InChI is InChI=1S/C6H12IO3P/c1-6(11)2-4(3-8)9-5(6)10-7/h4-5,8H,2-3,11H2,1H3/t4-,5+,6+/m0/s1. The molecule has 4 atom stereocenters. The lowest BCUT2D eigenvalue weighted by Gasteiger charge is -2.21. The van der Waals surface area contributed by atoms with Gasteiger partial charge in [0, 0.05) is 5.16 Å². The van der Waals surface area contributed by atoms with Crippen LogP contribution in [-0.4, -0.2) is 29.3 Å². The second kappa shape index (κ2) is 3.83. The fourth-order valence-electron chi connectivity index (χ4n) is 1.20. The molecule has 1 N–H and O–H groups in total. The minimum Gasteiger partial charge on any atom is -0.394 e. The van der Waals surface area contributed by atoms with Crippen LogP contribution in [0, 0.1) is 0 Å². The second-order valence-electron chi connectivity index (χ2n) is 3.07. The van der Waals surface area contributed by atoms with Crippen LogP contribution in [0.3, 0.4) is 0 Å². The Labute approximate surface area is 82.7 Å². The molecular weight excluding hydrogens is 278 g/mol. The molecule has 1 aliphatic rings. The lowest BCUT2D eigenvalue weighted by atomic mass is 10.1. The van der Waals surface area contributed by atoms with E-state index in [9.17, 15) is 0 Å². The van der Waals surface area contributed by atoms with Crippen LogP contribution in [-0.2, 0) is 7.80 Å². The molecule has 1 rings (SSSR count). The van der Waals surface area contributed by atoms with Crippen LogP contribution in [0.2, 0.25) is 0 Å². The molecule has 5 heteroatoms. The van der Waals surface area contributed by atoms with Crippen molar-refractivity contribution in [2.24, 2.45) is 0 Å². The van der Waals surface area contributed by atoms with Crippen LogP contribution in [0.1, 0.15) is 13.3 Å². The van der Waals surface area contributed by atoms with Gasteiger partial charge in [0.05, 0.1) is 12.7 Å². The van der Waals surface area contributed by atoms with Crippen molar-refractivity contribution in [3.05, 3.63) is 0 Å². The molecule has 0 aromatic carbocycles. The third-order valence-electron chi connectivity index (χ3n) is 1.81. The lowest BCUT2D eigenvalue weighted by Crippen LogP contribution is -2.27. The molecule has 0 aromatic heterocycles. The third kappa shape index (κ3) is 2.25. The quantitative estimate of drug-likeness (QED) is 0.611. The fourth-order valence-corrected chi connectivity index (χ4v) is 2.58. The topological polar surface area (TPSA) is 38.7 Å². The van der Waals surface area contributed by atoms with Gasteiger partial charge in [-0.3, -0.25) is 3.07 Å². The number of ether oxygens (including phenoxy) is 1. The molecule has 11 heavy (non-hydrogen) atoms. The van der Waals surface area contributed by atoms with Gasteiger partial charge in [-0.1, -0.05) is 6.92 Å². The highest BCUT2D eigenvalue weighted by Gasteiger charge is 2.42. The molecule has 66 valence electrons. The van der Waals surface area contributed by atoms with Crippen LogP contribution in [0.4, 0.5) is 0 Å². The Morgan fingerprint density at radius 3 is 2.82 bits per heavy atom. The van der Waals surface area contributed by atoms with Crippen molar-refractivity contribution >= 4 is 32.2 Å². The van der Waals surface area contributed by atoms with Gasteiger partial charge in [-0.15, -0.1) is 9.24 Å². The van der Waals surface area contributed by atoms with Gasteiger partial charge in [0.15, 0.2) is 6.29 Å². The lowest BCUT2D eigenvalue weighted by molar-refractivity contribution is -0.0716. The largest absolute Gasteiger partial charge is 0.394 e. The summed E-state index contributed by atoms with van der Waals surface area (Å²) in [6.07, 6.45) is 0.532. The van der Waals surface area contributed by atoms with Gasteiger partial charge in [-0.2, -0.15) is 0 Å². The van der Waals surface area contributed by atoms with E-state index in [1.54, 1.807) is 0 Å². The van der Waals surface area contributed by atoms with E-state index >= 15 is 0 Å². The van der Waals surface area contributed by atoms with Gasteiger partial charge in [0.1, 0.15) is 23.0 Å². The zero-order chi connectivity index (χ0) is 8.48. The summed E-state index contributed by atoms with van der Waals surface area (Å²) in [5.74, 6) is 0. The summed E-state index contributed by atoms with van der Waals surface area (Å²) in [5, 5.41) is 8.76. The molecule has 0 aromatic rings. The van der Waals surface area contributed by atoms with Crippen LogP contribution in [0.15, 0.2) is 0 Å². The average molecular weight is 290 g/mol. The van der Waals surface area contributed by atoms with E-state index in [0.717, 1.165) is 6.42 Å². The van der Waals surface area contributed by atoms with Crippen molar-refractivity contribution < 1.29 is 12.9 Å². The normalized spacial score (nSPS) is 44.7. The van der Waals surface area contributed by atoms with Crippen molar-refractivity contribution in [1.29, 1.82) is 0 Å². The van der Waals surface area contributed by atoms with Crippen LogP contribution >= 0.6 is 32.2 Å². The highest BCUT2D eigenvalue weighted by Crippen LogP contribution is 2.39. The van der Waals surface area contributed by atoms with Crippen LogP contribution < -0.4 is 0 Å². The Kier molecular flexibility index (Phi) is 3.53. The fraction of sp³-hybridized carbons (Fsp3) is 1.00. The molecule has 0 aliphatic carbocycles. The molecule has 1 heterocycles. The molecule has 3 nitrogen and oxygen atoms in total. The van der Waals surface area contributed by atoms with Crippen molar-refractivity contribution in [3.8, 4) is 0 Å². The Bertz CT molecular complexity index is 142. The maximum atomic E-state index is 8.82. The highest BCUT2D eigenvalue weighted by molar-refractivity contribution is 14.1. The Morgan fingerprint density at radius 1 is 1.91 bits per heavy atom. The summed E-state index contributed by atoms with van der Waals surface area (Å²) in [6.45, 7) is 2.11. The zero-order valence-corrected chi connectivity index (χ0v) is 9.60. The number of aliphatic hydroxyl groups is 1. The minimum atomic E-state index is -0.217. The van der Waals surface area contributed by atoms with Crippen molar-refractivity contribution in [3.63, 3.8) is 0 Å². The Hall–Kier alpha value is 1.04. The maximum Gasteiger partial charge on any atom is 0.178 e. The van der Waals surface area contributed by atoms with Gasteiger partial charge in [-0.25, -0.2) is 0 Å². The van der Waals surface area contributed by atoms with Crippen molar-refractivity contribution in [2.45, 2.75) is 30.9 Å². The monoisotopic (exact) mass is 290 g/mol. The average Bonchev–Trinajstić information content (AvgIpc) is 2.24. The predicted molar refractivity (Wildman–Crippen MR) is 53.6 cm³/mol. The minimum absolute atomic E-state index is 0.0609. The van der Waals surface area contributed by atoms with Gasteiger partial charge in [0.2, 0.25) is 0 Å². The molecule has 1 aliphatic heterocycles. The van der Waals surface area contributed by atoms with Gasteiger partial charge < -0.3 is 9.84 Å². The SMILES string of the molecule is C[C@@]1(P)C[C@@H](CO)O[C@@H]1OI. The van der Waals surface area contributed by atoms with E-state index in [2.05, 4.69) is 9.24 Å². The second-order valence-corrected chi connectivity index (χ2v) is 4.90. The van der Waals surface area contributed by atoms with E-state index in [-0.39, 0.29) is 24.2 Å². The summed E-state index contributed by atoms with van der Waals surface area (Å²) >= 11 is 1.82. The summed E-state index contributed by atoms with van der Waals surface area (Å²) < 4.78 is 10.4. The summed E-state index contributed by atoms with van der Waals surface area (Å²) in [7, 11) is 2.70. The zero-order valence-electron chi connectivity index (χ0n) is 6.29. The van der Waals surface area contributed by atoms with E-state index in [0.29, 0.717) is 0 Å². The molecule has 1 saturated heterocycles. The third-order valence-corrected chi connectivity index (χ3v) is 2.78. The first-order valence-corrected chi connectivity index (χ1v) is 4.88. The summed E-state index contributed by atoms with van der Waals surface area (Å²) in [4.78, 5) is 0. The first-order chi connectivity index (χ1) is 5.10. The number of rotatable bonds is 2. The van der Waals surface area contributed by atoms with E-state index < -0.39 is 0 Å². The Morgan fingerprint density at radius 2 is 2.55 bits per heavy atom. The highest BCUT2D eigenvalue weighted by atomic mass is 127. The van der Waals surface area contributed by atoms with Crippen molar-refractivity contribution in [2.75, 3.05) is 6.61 Å². The maximum absolute atomic E-state index is 8.82. The predicted octanol–water partition coefficient (Wildman–Crippen LogP) is 1.09.